The van der Waals surface area contributed by atoms with Crippen molar-refractivity contribution in [2.75, 3.05) is 13.1 Å². The van der Waals surface area contributed by atoms with Crippen LogP contribution in [0.3, 0.4) is 0 Å². The largest absolute Gasteiger partial charge is 0.361 e. The average molecular weight is 405 g/mol. The lowest BCUT2D eigenvalue weighted by Crippen LogP contribution is -2.45. The number of aromatic nitrogens is 1. The first-order valence-corrected chi connectivity index (χ1v) is 11.2. The van der Waals surface area contributed by atoms with Gasteiger partial charge in [0.05, 0.1) is 24.5 Å². The van der Waals surface area contributed by atoms with Crippen LogP contribution < -0.4 is 5.32 Å². The van der Waals surface area contributed by atoms with Crippen LogP contribution in [-0.2, 0) is 20.7 Å². The number of nitrogens with one attached hydrogen (secondary N) is 2. The molecule has 0 unspecified atom stereocenters. The SMILES string of the molecule is O=C(NCCc1c[nH]c2ccccc12)[C@@H]1[C@@H]2C=C[C@@]3(CN(C4CCCC4)C(=O)[C@@H]13)O2. The third kappa shape index (κ3) is 2.59. The number of ether oxygens (including phenoxy) is 1. The molecule has 1 aromatic carbocycles. The van der Waals surface area contributed by atoms with E-state index in [9.17, 15) is 9.59 Å². The molecule has 1 saturated carbocycles. The Morgan fingerprint density at radius 1 is 1.27 bits per heavy atom. The van der Waals surface area contributed by atoms with Crippen molar-refractivity contribution in [1.29, 1.82) is 0 Å². The van der Waals surface area contributed by atoms with Gasteiger partial charge >= 0.3 is 0 Å². The topological polar surface area (TPSA) is 74.4 Å². The lowest BCUT2D eigenvalue weighted by atomic mass is 9.77. The molecule has 4 aliphatic rings. The molecule has 1 spiro atoms. The molecule has 3 aliphatic heterocycles. The van der Waals surface area contributed by atoms with Crippen LogP contribution in [0.1, 0.15) is 31.2 Å². The molecule has 6 nitrogen and oxygen atoms in total. The van der Waals surface area contributed by atoms with Crippen molar-refractivity contribution in [2.24, 2.45) is 11.8 Å². The summed E-state index contributed by atoms with van der Waals surface area (Å²) >= 11 is 0. The fourth-order valence-electron chi connectivity index (χ4n) is 6.13. The molecule has 2 amide bonds. The molecule has 6 heteroatoms. The number of rotatable bonds is 5. The number of amides is 2. The van der Waals surface area contributed by atoms with E-state index in [-0.39, 0.29) is 23.8 Å². The molecule has 2 aromatic rings. The minimum atomic E-state index is -0.594. The van der Waals surface area contributed by atoms with Gasteiger partial charge in [-0.05, 0) is 30.9 Å². The molecular weight excluding hydrogens is 378 g/mol. The number of nitrogens with zero attached hydrogens (tertiary/aromatic N) is 1. The normalized spacial score (nSPS) is 32.5. The second-order valence-electron chi connectivity index (χ2n) is 9.20. The third-order valence-corrected chi connectivity index (χ3v) is 7.57. The minimum absolute atomic E-state index is 0.0577. The van der Waals surface area contributed by atoms with Crippen molar-refractivity contribution < 1.29 is 14.3 Å². The molecule has 4 atom stereocenters. The van der Waals surface area contributed by atoms with Gasteiger partial charge in [-0.1, -0.05) is 43.2 Å². The van der Waals surface area contributed by atoms with Gasteiger partial charge < -0.3 is 19.9 Å². The number of likely N-dealkylation sites (tertiary alicyclic amines) is 1. The lowest BCUT2D eigenvalue weighted by Gasteiger charge is -2.27. The molecule has 6 rings (SSSR count). The molecule has 0 radical (unpaired) electrons. The van der Waals surface area contributed by atoms with Gasteiger partial charge in [0.25, 0.3) is 0 Å². The van der Waals surface area contributed by atoms with E-state index in [4.69, 9.17) is 4.74 Å². The van der Waals surface area contributed by atoms with Crippen LogP contribution in [0.15, 0.2) is 42.6 Å². The maximum Gasteiger partial charge on any atom is 0.230 e. The summed E-state index contributed by atoms with van der Waals surface area (Å²) in [6, 6.07) is 8.50. The summed E-state index contributed by atoms with van der Waals surface area (Å²) in [5, 5.41) is 4.28. The summed E-state index contributed by atoms with van der Waals surface area (Å²) in [5.74, 6) is -0.735. The summed E-state index contributed by atoms with van der Waals surface area (Å²) in [4.78, 5) is 31.7. The van der Waals surface area contributed by atoms with Crippen molar-refractivity contribution in [3.8, 4) is 0 Å². The van der Waals surface area contributed by atoms with Crippen LogP contribution in [0, 0.1) is 11.8 Å². The summed E-state index contributed by atoms with van der Waals surface area (Å²) in [6.07, 6.45) is 11.0. The molecule has 2 N–H and O–H groups in total. The molecular formula is C24H27N3O3. The predicted molar refractivity (Wildman–Crippen MR) is 113 cm³/mol. The van der Waals surface area contributed by atoms with Gasteiger partial charge in [-0.2, -0.15) is 0 Å². The molecule has 30 heavy (non-hydrogen) atoms. The first kappa shape index (κ1) is 18.2. The van der Waals surface area contributed by atoms with E-state index in [2.05, 4.69) is 22.4 Å². The Balaban J connectivity index is 1.15. The highest BCUT2D eigenvalue weighted by atomic mass is 16.5. The van der Waals surface area contributed by atoms with Gasteiger partial charge in [-0.25, -0.2) is 0 Å². The van der Waals surface area contributed by atoms with Crippen molar-refractivity contribution in [1.82, 2.24) is 15.2 Å². The fourth-order valence-corrected chi connectivity index (χ4v) is 6.13. The Hall–Kier alpha value is -2.60. The molecule has 1 aromatic heterocycles. The third-order valence-electron chi connectivity index (χ3n) is 7.57. The zero-order valence-electron chi connectivity index (χ0n) is 17.0. The summed E-state index contributed by atoms with van der Waals surface area (Å²) in [5.41, 5.74) is 1.70. The van der Waals surface area contributed by atoms with E-state index in [1.807, 2.05) is 35.4 Å². The number of carbonyl (C=O) groups excluding carboxylic acids is 2. The van der Waals surface area contributed by atoms with Gasteiger partial charge in [-0.3, -0.25) is 9.59 Å². The van der Waals surface area contributed by atoms with E-state index in [1.165, 1.54) is 23.8 Å². The smallest absolute Gasteiger partial charge is 0.230 e. The van der Waals surface area contributed by atoms with Crippen molar-refractivity contribution in [3.63, 3.8) is 0 Å². The maximum absolute atomic E-state index is 13.3. The minimum Gasteiger partial charge on any atom is -0.361 e. The standard InChI is InChI=1S/C24H27N3O3/c28-22(25-12-10-15-13-26-18-8-4-3-7-17(15)18)20-19-9-11-24(30-19)14-27(23(29)21(20)24)16-5-1-2-6-16/h3-4,7-9,11,13,16,19-21,26H,1-2,5-6,10,12,14H2,(H,25,28)/t19-,20+,21+,24-/m0/s1. The summed E-state index contributed by atoms with van der Waals surface area (Å²) in [6.45, 7) is 1.15. The monoisotopic (exact) mass is 405 g/mol. The number of aromatic amines is 1. The highest BCUT2D eigenvalue weighted by Crippen LogP contribution is 2.53. The molecule has 3 fully saturated rings. The van der Waals surface area contributed by atoms with Crippen LogP contribution >= 0.6 is 0 Å². The zero-order valence-corrected chi connectivity index (χ0v) is 17.0. The van der Waals surface area contributed by atoms with Crippen molar-refractivity contribution in [3.05, 3.63) is 48.2 Å². The number of carbonyl (C=O) groups is 2. The van der Waals surface area contributed by atoms with Gasteiger partial charge in [0, 0.05) is 29.7 Å². The Bertz CT molecular complexity index is 1040. The van der Waals surface area contributed by atoms with Crippen LogP contribution in [-0.4, -0.2) is 52.5 Å². The Labute approximate surface area is 175 Å². The second-order valence-corrected chi connectivity index (χ2v) is 9.20. The van der Waals surface area contributed by atoms with Gasteiger partial charge in [0.1, 0.15) is 5.60 Å². The van der Waals surface area contributed by atoms with E-state index in [0.29, 0.717) is 19.1 Å². The van der Waals surface area contributed by atoms with Crippen LogP contribution in [0.2, 0.25) is 0 Å². The van der Waals surface area contributed by atoms with Crippen molar-refractivity contribution >= 4 is 22.7 Å². The second kappa shape index (κ2) is 6.71. The van der Waals surface area contributed by atoms with E-state index >= 15 is 0 Å². The Morgan fingerprint density at radius 3 is 2.97 bits per heavy atom. The van der Waals surface area contributed by atoms with Gasteiger partial charge in [0.2, 0.25) is 11.8 Å². The zero-order chi connectivity index (χ0) is 20.3. The fraction of sp³-hybridized carbons (Fsp3) is 0.500. The first-order valence-electron chi connectivity index (χ1n) is 11.2. The first-order chi connectivity index (χ1) is 14.7. The Morgan fingerprint density at radius 2 is 2.10 bits per heavy atom. The molecule has 1 aliphatic carbocycles. The highest BCUT2D eigenvalue weighted by molar-refractivity contribution is 5.93. The molecule has 2 bridgehead atoms. The number of H-pyrrole nitrogens is 1. The number of fused-ring (bicyclic) bond motifs is 2. The average Bonchev–Trinajstić information content (AvgIpc) is 3.56. The maximum atomic E-state index is 13.3. The van der Waals surface area contributed by atoms with E-state index in [0.717, 1.165) is 24.8 Å². The number of benzene rings is 1. The quantitative estimate of drug-likeness (QED) is 0.751. The molecule has 156 valence electrons. The van der Waals surface area contributed by atoms with Gasteiger partial charge in [0.15, 0.2) is 0 Å². The predicted octanol–water partition coefficient (Wildman–Crippen LogP) is 2.55. The van der Waals surface area contributed by atoms with Crippen LogP contribution in [0.25, 0.3) is 10.9 Å². The van der Waals surface area contributed by atoms with E-state index < -0.39 is 11.5 Å². The number of hydrogen-bond donors (Lipinski definition) is 2. The number of para-hydroxylation sites is 1. The van der Waals surface area contributed by atoms with E-state index in [1.54, 1.807) is 0 Å². The number of hydrogen-bond acceptors (Lipinski definition) is 3. The van der Waals surface area contributed by atoms with Crippen LogP contribution in [0.5, 0.6) is 0 Å². The molecule has 4 heterocycles. The van der Waals surface area contributed by atoms with Crippen LogP contribution in [0.4, 0.5) is 0 Å². The van der Waals surface area contributed by atoms with Crippen molar-refractivity contribution in [2.45, 2.75) is 49.9 Å². The highest BCUT2D eigenvalue weighted by Gasteiger charge is 2.67. The molecule has 2 saturated heterocycles. The van der Waals surface area contributed by atoms with Gasteiger partial charge in [-0.15, -0.1) is 0 Å². The Kier molecular flexibility index (Phi) is 4.07. The lowest BCUT2D eigenvalue weighted by molar-refractivity contribution is -0.138. The summed E-state index contributed by atoms with van der Waals surface area (Å²) in [7, 11) is 0. The summed E-state index contributed by atoms with van der Waals surface area (Å²) < 4.78 is 6.25.